The van der Waals surface area contributed by atoms with E-state index < -0.39 is 17.9 Å². The fraction of sp³-hybridized carbons (Fsp3) is 0.286. The number of hydrogen-bond donors (Lipinski definition) is 2. The van der Waals surface area contributed by atoms with Crippen LogP contribution in [-0.2, 0) is 20.7 Å². The van der Waals surface area contributed by atoms with Crippen molar-refractivity contribution in [3.8, 4) is 0 Å². The highest BCUT2D eigenvalue weighted by Gasteiger charge is 2.25. The Morgan fingerprint density at radius 1 is 1.00 bits per heavy atom. The van der Waals surface area contributed by atoms with Gasteiger partial charge in [0.15, 0.2) is 0 Å². The number of aryl methyl sites for hydroxylation is 2. The van der Waals surface area contributed by atoms with E-state index >= 15 is 0 Å². The molecule has 6 heteroatoms. The Kier molecular flexibility index (Phi) is 6.71. The van der Waals surface area contributed by atoms with Crippen LogP contribution < -0.4 is 10.6 Å². The van der Waals surface area contributed by atoms with Gasteiger partial charge in [0.25, 0.3) is 5.91 Å². The van der Waals surface area contributed by atoms with Crippen LogP contribution in [0.4, 0.5) is 5.69 Å². The molecule has 0 fully saturated rings. The van der Waals surface area contributed by atoms with Gasteiger partial charge >= 0.3 is 5.97 Å². The Bertz CT molecular complexity index is 841. The van der Waals surface area contributed by atoms with Crippen LogP contribution in [0.25, 0.3) is 0 Å². The number of benzene rings is 2. The molecular weight excluding hydrogens is 344 g/mol. The third kappa shape index (κ3) is 5.17. The molecule has 0 bridgehead atoms. The molecular formula is C21H24N2O4. The summed E-state index contributed by atoms with van der Waals surface area (Å²) in [6.07, 6.45) is 0.319. The van der Waals surface area contributed by atoms with E-state index in [9.17, 15) is 14.4 Å². The minimum atomic E-state index is -0.840. The first-order valence-electron chi connectivity index (χ1n) is 8.64. The van der Waals surface area contributed by atoms with Crippen molar-refractivity contribution in [2.24, 2.45) is 0 Å². The number of ether oxygens (including phenoxy) is 1. The van der Waals surface area contributed by atoms with Gasteiger partial charge in [0, 0.05) is 13.3 Å². The zero-order chi connectivity index (χ0) is 20.0. The average Bonchev–Trinajstić information content (AvgIpc) is 2.63. The second kappa shape index (κ2) is 8.98. The molecule has 0 aliphatic heterocycles. The molecule has 0 aliphatic carbocycles. The molecule has 2 N–H and O–H groups in total. The topological polar surface area (TPSA) is 84.5 Å². The zero-order valence-electron chi connectivity index (χ0n) is 16.0. The quantitative estimate of drug-likeness (QED) is 0.768. The molecule has 2 aromatic carbocycles. The number of amides is 2. The smallest absolute Gasteiger partial charge is 0.328 e. The zero-order valence-corrected chi connectivity index (χ0v) is 16.0. The molecule has 0 unspecified atom stereocenters. The molecule has 0 saturated heterocycles. The minimum Gasteiger partial charge on any atom is -0.467 e. The van der Waals surface area contributed by atoms with E-state index in [4.69, 9.17) is 4.74 Å². The second-order valence-corrected chi connectivity index (χ2v) is 6.35. The van der Waals surface area contributed by atoms with Crippen molar-refractivity contribution >= 4 is 23.5 Å². The minimum absolute atomic E-state index is 0.281. The summed E-state index contributed by atoms with van der Waals surface area (Å²) in [5.74, 6) is -1.26. The van der Waals surface area contributed by atoms with Crippen LogP contribution in [0.3, 0.4) is 0 Å². The first kappa shape index (κ1) is 20.2. The monoisotopic (exact) mass is 368 g/mol. The standard InChI is InChI=1S/C21H24N2O4/c1-13-8-7-9-14(2)17(13)12-19(21(26)27-4)23-20(25)16-10-5-6-11-18(16)22-15(3)24/h5-11,19H,12H2,1-4H3,(H,22,24)(H,23,25)/t19-/m0/s1. The fourth-order valence-corrected chi connectivity index (χ4v) is 2.93. The summed E-state index contributed by atoms with van der Waals surface area (Å²) in [6, 6.07) is 11.7. The van der Waals surface area contributed by atoms with Crippen LogP contribution in [0, 0.1) is 13.8 Å². The summed E-state index contributed by atoms with van der Waals surface area (Å²) >= 11 is 0. The van der Waals surface area contributed by atoms with Crippen molar-refractivity contribution in [2.45, 2.75) is 33.2 Å². The van der Waals surface area contributed by atoms with E-state index in [1.165, 1.54) is 14.0 Å². The van der Waals surface area contributed by atoms with Crippen molar-refractivity contribution in [2.75, 3.05) is 12.4 Å². The Labute approximate surface area is 158 Å². The van der Waals surface area contributed by atoms with Crippen molar-refractivity contribution in [3.05, 3.63) is 64.7 Å². The number of carbonyl (C=O) groups excluding carboxylic acids is 3. The molecule has 0 saturated carbocycles. The Balaban J connectivity index is 2.28. The molecule has 0 radical (unpaired) electrons. The van der Waals surface area contributed by atoms with Gasteiger partial charge in [0.05, 0.1) is 18.4 Å². The van der Waals surface area contributed by atoms with E-state index in [-0.39, 0.29) is 11.5 Å². The van der Waals surface area contributed by atoms with Crippen molar-refractivity contribution in [1.29, 1.82) is 0 Å². The maximum atomic E-state index is 12.8. The van der Waals surface area contributed by atoms with Crippen molar-refractivity contribution in [3.63, 3.8) is 0 Å². The number of methoxy groups -OCH3 is 1. The lowest BCUT2D eigenvalue weighted by atomic mass is 9.96. The summed E-state index contributed by atoms with van der Waals surface area (Å²) < 4.78 is 4.87. The van der Waals surface area contributed by atoms with E-state index in [0.29, 0.717) is 12.1 Å². The number of carbonyl (C=O) groups is 3. The lowest BCUT2D eigenvalue weighted by Gasteiger charge is -2.20. The molecule has 0 aromatic heterocycles. The molecule has 6 nitrogen and oxygen atoms in total. The lowest BCUT2D eigenvalue weighted by molar-refractivity contribution is -0.142. The lowest BCUT2D eigenvalue weighted by Crippen LogP contribution is -2.43. The Hall–Kier alpha value is -3.15. The summed E-state index contributed by atoms with van der Waals surface area (Å²) in [6.45, 7) is 5.29. The van der Waals surface area contributed by atoms with Gasteiger partial charge in [0.2, 0.25) is 5.91 Å². The van der Waals surface area contributed by atoms with Gasteiger partial charge in [-0.05, 0) is 42.7 Å². The normalized spacial score (nSPS) is 11.4. The molecule has 1 atom stereocenters. The van der Waals surface area contributed by atoms with E-state index in [1.807, 2.05) is 32.0 Å². The van der Waals surface area contributed by atoms with E-state index in [2.05, 4.69) is 10.6 Å². The highest BCUT2D eigenvalue weighted by Crippen LogP contribution is 2.18. The maximum absolute atomic E-state index is 12.8. The van der Waals surface area contributed by atoms with E-state index in [0.717, 1.165) is 16.7 Å². The summed E-state index contributed by atoms with van der Waals surface area (Å²) in [5, 5.41) is 5.36. The average molecular weight is 368 g/mol. The number of hydrogen-bond acceptors (Lipinski definition) is 4. The van der Waals surface area contributed by atoms with Gasteiger partial charge in [-0.2, -0.15) is 0 Å². The van der Waals surface area contributed by atoms with Gasteiger partial charge in [-0.1, -0.05) is 30.3 Å². The van der Waals surface area contributed by atoms with E-state index in [1.54, 1.807) is 24.3 Å². The Morgan fingerprint density at radius 2 is 1.63 bits per heavy atom. The molecule has 0 heterocycles. The van der Waals surface area contributed by atoms with Crippen molar-refractivity contribution < 1.29 is 19.1 Å². The predicted octanol–water partition coefficient (Wildman–Crippen LogP) is 2.78. The van der Waals surface area contributed by atoms with Crippen LogP contribution >= 0.6 is 0 Å². The van der Waals surface area contributed by atoms with Gasteiger partial charge in [-0.3, -0.25) is 9.59 Å². The highest BCUT2D eigenvalue weighted by molar-refractivity contribution is 6.04. The molecule has 2 aromatic rings. The van der Waals surface area contributed by atoms with Crippen LogP contribution in [0.1, 0.15) is 34.0 Å². The van der Waals surface area contributed by atoms with Crippen molar-refractivity contribution in [1.82, 2.24) is 5.32 Å². The second-order valence-electron chi connectivity index (χ2n) is 6.35. The predicted molar refractivity (Wildman–Crippen MR) is 104 cm³/mol. The van der Waals surface area contributed by atoms with Gasteiger partial charge in [-0.25, -0.2) is 4.79 Å². The molecule has 27 heavy (non-hydrogen) atoms. The highest BCUT2D eigenvalue weighted by atomic mass is 16.5. The van der Waals surface area contributed by atoms with Crippen LogP contribution in [0.5, 0.6) is 0 Å². The molecule has 2 amide bonds. The number of esters is 1. The fourth-order valence-electron chi connectivity index (χ4n) is 2.93. The van der Waals surface area contributed by atoms with Crippen LogP contribution in [0.15, 0.2) is 42.5 Å². The third-order valence-corrected chi connectivity index (χ3v) is 4.33. The largest absolute Gasteiger partial charge is 0.467 e. The molecule has 142 valence electrons. The summed E-state index contributed by atoms with van der Waals surface area (Å²) in [5.41, 5.74) is 3.73. The van der Waals surface area contributed by atoms with Crippen LogP contribution in [0.2, 0.25) is 0 Å². The number of anilines is 1. The Morgan fingerprint density at radius 3 is 2.22 bits per heavy atom. The maximum Gasteiger partial charge on any atom is 0.328 e. The van der Waals surface area contributed by atoms with Crippen LogP contribution in [-0.4, -0.2) is 30.9 Å². The molecule has 2 rings (SSSR count). The van der Waals surface area contributed by atoms with Gasteiger partial charge in [-0.15, -0.1) is 0 Å². The molecule has 0 spiro atoms. The molecule has 0 aliphatic rings. The third-order valence-electron chi connectivity index (χ3n) is 4.33. The number of para-hydroxylation sites is 1. The summed E-state index contributed by atoms with van der Waals surface area (Å²) in [4.78, 5) is 36.4. The number of nitrogens with one attached hydrogen (secondary N) is 2. The first-order valence-corrected chi connectivity index (χ1v) is 8.64. The first-order chi connectivity index (χ1) is 12.8. The number of rotatable bonds is 6. The van der Waals surface area contributed by atoms with Gasteiger partial charge in [0.1, 0.15) is 6.04 Å². The van der Waals surface area contributed by atoms with Gasteiger partial charge < -0.3 is 15.4 Å². The summed E-state index contributed by atoms with van der Waals surface area (Å²) in [7, 11) is 1.29. The SMILES string of the molecule is COC(=O)[C@H](Cc1c(C)cccc1C)NC(=O)c1ccccc1NC(C)=O.